The molecule has 1 heterocycles. The monoisotopic (exact) mass is 291 g/mol. The standard InChI is InChI=1S/C15H21N3OS/c1-11-6-5-9-18(10-11)15(19)17-13(14(16)20)12-7-3-2-4-8-12/h2-4,7-8,11,13H,5-6,9-10H2,1H3,(H2,16,20)(H,17,19). The summed E-state index contributed by atoms with van der Waals surface area (Å²) in [6, 6.07) is 9.10. The Morgan fingerprint density at radius 3 is 2.75 bits per heavy atom. The van der Waals surface area contributed by atoms with Crippen LogP contribution in [-0.2, 0) is 0 Å². The molecule has 0 spiro atoms. The molecule has 2 unspecified atom stereocenters. The lowest BCUT2D eigenvalue weighted by Gasteiger charge is -2.32. The van der Waals surface area contributed by atoms with Crippen LogP contribution in [0, 0.1) is 5.92 Å². The number of benzene rings is 1. The van der Waals surface area contributed by atoms with Crippen molar-refractivity contribution in [1.82, 2.24) is 10.2 Å². The molecule has 0 bridgehead atoms. The second-order valence-electron chi connectivity index (χ2n) is 5.39. The number of nitrogens with zero attached hydrogens (tertiary/aromatic N) is 1. The number of nitrogens with two attached hydrogens (primary N) is 1. The van der Waals surface area contributed by atoms with Crippen molar-refractivity contribution >= 4 is 23.2 Å². The molecule has 0 aromatic heterocycles. The molecule has 1 saturated heterocycles. The molecular formula is C15H21N3OS. The highest BCUT2D eigenvalue weighted by molar-refractivity contribution is 7.80. The van der Waals surface area contributed by atoms with E-state index in [4.69, 9.17) is 18.0 Å². The van der Waals surface area contributed by atoms with Crippen LogP contribution in [-0.4, -0.2) is 29.0 Å². The quantitative estimate of drug-likeness (QED) is 0.841. The summed E-state index contributed by atoms with van der Waals surface area (Å²) in [6.45, 7) is 3.77. The van der Waals surface area contributed by atoms with E-state index in [0.29, 0.717) is 5.92 Å². The van der Waals surface area contributed by atoms with E-state index < -0.39 is 6.04 Å². The Morgan fingerprint density at radius 2 is 2.15 bits per heavy atom. The number of rotatable bonds is 3. The van der Waals surface area contributed by atoms with Crippen molar-refractivity contribution in [2.24, 2.45) is 11.7 Å². The van der Waals surface area contributed by atoms with Crippen molar-refractivity contribution in [3.8, 4) is 0 Å². The SMILES string of the molecule is CC1CCCN(C(=O)NC(C(N)=S)c2ccccc2)C1. The highest BCUT2D eigenvalue weighted by Crippen LogP contribution is 2.17. The van der Waals surface area contributed by atoms with Gasteiger partial charge in [-0.2, -0.15) is 0 Å². The molecular weight excluding hydrogens is 270 g/mol. The Balaban J connectivity index is 2.05. The summed E-state index contributed by atoms with van der Waals surface area (Å²) < 4.78 is 0. The fourth-order valence-corrected chi connectivity index (χ4v) is 2.75. The van der Waals surface area contributed by atoms with Crippen molar-refractivity contribution in [1.29, 1.82) is 0 Å². The number of carbonyl (C=O) groups excluding carboxylic acids is 1. The Labute approximate surface area is 125 Å². The number of carbonyl (C=O) groups is 1. The molecule has 5 heteroatoms. The first-order chi connectivity index (χ1) is 9.58. The molecule has 0 saturated carbocycles. The third kappa shape index (κ3) is 3.70. The minimum Gasteiger partial charge on any atom is -0.391 e. The van der Waals surface area contributed by atoms with Crippen molar-refractivity contribution in [2.45, 2.75) is 25.8 Å². The molecule has 1 aromatic rings. The zero-order valence-electron chi connectivity index (χ0n) is 11.7. The van der Waals surface area contributed by atoms with E-state index >= 15 is 0 Å². The van der Waals surface area contributed by atoms with Crippen molar-refractivity contribution in [3.05, 3.63) is 35.9 Å². The van der Waals surface area contributed by atoms with Gasteiger partial charge in [-0.25, -0.2) is 4.79 Å². The molecule has 1 aliphatic heterocycles. The first-order valence-electron chi connectivity index (χ1n) is 6.97. The van der Waals surface area contributed by atoms with E-state index in [2.05, 4.69) is 12.2 Å². The van der Waals surface area contributed by atoms with Gasteiger partial charge in [0.1, 0.15) is 11.0 Å². The van der Waals surface area contributed by atoms with Gasteiger partial charge in [0.05, 0.1) is 0 Å². The zero-order chi connectivity index (χ0) is 14.5. The van der Waals surface area contributed by atoms with Crippen LogP contribution < -0.4 is 11.1 Å². The van der Waals surface area contributed by atoms with Gasteiger partial charge in [-0.1, -0.05) is 49.5 Å². The summed E-state index contributed by atoms with van der Waals surface area (Å²) in [6.07, 6.45) is 2.23. The molecule has 0 aliphatic carbocycles. The Kier molecular flexibility index (Phi) is 4.95. The number of hydrogen-bond donors (Lipinski definition) is 2. The molecule has 0 radical (unpaired) electrons. The second kappa shape index (κ2) is 6.70. The number of amides is 2. The second-order valence-corrected chi connectivity index (χ2v) is 5.86. The number of piperidine rings is 1. The highest BCUT2D eigenvalue weighted by Gasteiger charge is 2.24. The van der Waals surface area contributed by atoms with Crippen molar-refractivity contribution in [2.75, 3.05) is 13.1 Å². The molecule has 2 rings (SSSR count). The fraction of sp³-hybridized carbons (Fsp3) is 0.467. The van der Waals surface area contributed by atoms with Gasteiger partial charge in [-0.05, 0) is 24.3 Å². The van der Waals surface area contributed by atoms with Crippen LogP contribution >= 0.6 is 12.2 Å². The maximum Gasteiger partial charge on any atom is 0.318 e. The van der Waals surface area contributed by atoms with Crippen LogP contribution in [0.5, 0.6) is 0 Å². The molecule has 108 valence electrons. The number of thiocarbonyl (C=S) groups is 1. The number of nitrogens with one attached hydrogen (secondary N) is 1. The largest absolute Gasteiger partial charge is 0.391 e. The molecule has 1 fully saturated rings. The average molecular weight is 291 g/mol. The van der Waals surface area contributed by atoms with Crippen LogP contribution in [0.1, 0.15) is 31.4 Å². The summed E-state index contributed by atoms with van der Waals surface area (Å²) in [5.41, 5.74) is 6.69. The first-order valence-corrected chi connectivity index (χ1v) is 7.38. The van der Waals surface area contributed by atoms with Gasteiger partial charge in [0, 0.05) is 13.1 Å². The van der Waals surface area contributed by atoms with E-state index in [9.17, 15) is 4.79 Å². The molecule has 2 amide bonds. The molecule has 1 aliphatic rings. The topological polar surface area (TPSA) is 58.4 Å². The van der Waals surface area contributed by atoms with Gasteiger partial charge < -0.3 is 16.0 Å². The van der Waals surface area contributed by atoms with Crippen LogP contribution in [0.25, 0.3) is 0 Å². The Bertz CT molecular complexity index is 477. The van der Waals surface area contributed by atoms with E-state index in [-0.39, 0.29) is 11.0 Å². The lowest BCUT2D eigenvalue weighted by Crippen LogP contribution is -2.48. The van der Waals surface area contributed by atoms with Gasteiger partial charge >= 0.3 is 6.03 Å². The molecule has 3 N–H and O–H groups in total. The minimum absolute atomic E-state index is 0.0850. The van der Waals surface area contributed by atoms with Crippen LogP contribution in [0.3, 0.4) is 0 Å². The van der Waals surface area contributed by atoms with Crippen molar-refractivity contribution in [3.63, 3.8) is 0 Å². The summed E-state index contributed by atoms with van der Waals surface area (Å²) in [5.74, 6) is 0.550. The summed E-state index contributed by atoms with van der Waals surface area (Å²) >= 11 is 5.09. The minimum atomic E-state index is -0.407. The van der Waals surface area contributed by atoms with Gasteiger partial charge in [-0.15, -0.1) is 0 Å². The van der Waals surface area contributed by atoms with Crippen molar-refractivity contribution < 1.29 is 4.79 Å². The lowest BCUT2D eigenvalue weighted by molar-refractivity contribution is 0.168. The van der Waals surface area contributed by atoms with Gasteiger partial charge in [-0.3, -0.25) is 0 Å². The summed E-state index contributed by atoms with van der Waals surface area (Å²) in [4.78, 5) is 14.5. The van der Waals surface area contributed by atoms with Crippen LogP contribution in [0.15, 0.2) is 30.3 Å². The summed E-state index contributed by atoms with van der Waals surface area (Å²) in [5, 5.41) is 2.94. The first kappa shape index (κ1) is 14.8. The Hall–Kier alpha value is -1.62. The number of hydrogen-bond acceptors (Lipinski definition) is 2. The normalized spacial score (nSPS) is 20.2. The average Bonchev–Trinajstić information content (AvgIpc) is 2.45. The predicted octanol–water partition coefficient (Wildman–Crippen LogP) is 2.46. The van der Waals surface area contributed by atoms with E-state index in [0.717, 1.165) is 25.1 Å². The number of urea groups is 1. The lowest BCUT2D eigenvalue weighted by atomic mass is 10.0. The molecule has 1 aromatic carbocycles. The van der Waals surface area contributed by atoms with Crippen LogP contribution in [0.2, 0.25) is 0 Å². The third-order valence-electron chi connectivity index (χ3n) is 3.63. The maximum atomic E-state index is 12.3. The summed E-state index contributed by atoms with van der Waals surface area (Å²) in [7, 11) is 0. The predicted molar refractivity (Wildman–Crippen MR) is 84.5 cm³/mol. The third-order valence-corrected chi connectivity index (χ3v) is 3.87. The molecule has 2 atom stereocenters. The Morgan fingerprint density at radius 1 is 1.45 bits per heavy atom. The van der Waals surface area contributed by atoms with Gasteiger partial charge in [0.15, 0.2) is 0 Å². The molecule has 20 heavy (non-hydrogen) atoms. The number of likely N-dealkylation sites (tertiary alicyclic amines) is 1. The van der Waals surface area contributed by atoms with Crippen LogP contribution in [0.4, 0.5) is 4.79 Å². The smallest absolute Gasteiger partial charge is 0.318 e. The highest BCUT2D eigenvalue weighted by atomic mass is 32.1. The maximum absolute atomic E-state index is 12.3. The zero-order valence-corrected chi connectivity index (χ0v) is 12.5. The van der Waals surface area contributed by atoms with E-state index in [1.165, 1.54) is 6.42 Å². The van der Waals surface area contributed by atoms with Gasteiger partial charge in [0.25, 0.3) is 0 Å². The van der Waals surface area contributed by atoms with E-state index in [1.54, 1.807) is 0 Å². The van der Waals surface area contributed by atoms with Gasteiger partial charge in [0.2, 0.25) is 0 Å². The fourth-order valence-electron chi connectivity index (χ4n) is 2.55. The van der Waals surface area contributed by atoms with E-state index in [1.807, 2.05) is 35.2 Å². The molecule has 4 nitrogen and oxygen atoms in total.